The van der Waals surface area contributed by atoms with Gasteiger partial charge in [0.25, 0.3) is 0 Å². The summed E-state index contributed by atoms with van der Waals surface area (Å²) in [4.78, 5) is 7.71. The first-order valence-corrected chi connectivity index (χ1v) is 8.32. The maximum atomic E-state index is 8.33. The van der Waals surface area contributed by atoms with E-state index in [4.69, 9.17) is 10.8 Å². The highest BCUT2D eigenvalue weighted by Gasteiger charge is 2.07. The molecule has 4 aromatic rings. The predicted molar refractivity (Wildman–Crippen MR) is 101 cm³/mol. The Kier molecular flexibility index (Phi) is 3.93. The summed E-state index contributed by atoms with van der Waals surface area (Å²) in [5.41, 5.74) is 4.94. The van der Waals surface area contributed by atoms with E-state index in [0.29, 0.717) is 6.42 Å². The molecule has 0 amide bonds. The Bertz CT molecular complexity index is 1150. The molecule has 3 heterocycles. The highest BCUT2D eigenvalue weighted by molar-refractivity contribution is 5.87. The molecule has 0 atom stereocenters. The zero-order chi connectivity index (χ0) is 18.1. The van der Waals surface area contributed by atoms with E-state index in [1.54, 1.807) is 12.1 Å². The van der Waals surface area contributed by atoms with Crippen molar-refractivity contribution in [2.75, 3.05) is 0 Å². The number of benzene rings is 1. The molecule has 0 aliphatic heterocycles. The molecule has 3 N–H and O–H groups in total. The minimum absolute atomic E-state index is 0.206. The molecule has 0 aliphatic rings. The predicted octanol–water partition coefficient (Wildman–Crippen LogP) is 3.28. The molecule has 3 aromatic heterocycles. The van der Waals surface area contributed by atoms with Crippen LogP contribution in [0.25, 0.3) is 22.2 Å². The fraction of sp³-hybridized carbons (Fsp3) is 0.100. The highest BCUT2D eigenvalue weighted by Crippen LogP contribution is 2.22. The molecule has 0 saturated heterocycles. The van der Waals surface area contributed by atoms with Crippen LogP contribution in [0.5, 0.6) is 0 Å². The number of aryl methyl sites for hydroxylation is 1. The summed E-state index contributed by atoms with van der Waals surface area (Å²) in [6, 6.07) is 15.5. The van der Waals surface area contributed by atoms with Gasteiger partial charge >= 0.3 is 0 Å². The Morgan fingerprint density at radius 3 is 2.85 bits per heavy atom. The van der Waals surface area contributed by atoms with Gasteiger partial charge in [0.05, 0.1) is 11.2 Å². The molecule has 0 fully saturated rings. The molecule has 0 aliphatic carbocycles. The van der Waals surface area contributed by atoms with Crippen molar-refractivity contribution in [1.82, 2.24) is 19.7 Å². The van der Waals surface area contributed by atoms with Crippen LogP contribution in [0, 0.1) is 17.7 Å². The SMILES string of the molecule is Cc1ccc(=N)n(C(=N)Cc2ccc3ncc(-c4ccc[nH]4)cc3c2)n1. The van der Waals surface area contributed by atoms with E-state index in [1.807, 2.05) is 49.6 Å². The normalized spacial score (nSPS) is 11.0. The maximum Gasteiger partial charge on any atom is 0.148 e. The Hall–Kier alpha value is -3.54. The second kappa shape index (κ2) is 6.40. The van der Waals surface area contributed by atoms with Crippen LogP contribution in [0.15, 0.2) is 60.9 Å². The van der Waals surface area contributed by atoms with Crippen LogP contribution in [0.2, 0.25) is 0 Å². The Balaban J connectivity index is 1.67. The number of rotatable bonds is 3. The maximum absolute atomic E-state index is 8.33. The topological polar surface area (TPSA) is 94.2 Å². The van der Waals surface area contributed by atoms with Crippen LogP contribution >= 0.6 is 0 Å². The Morgan fingerprint density at radius 2 is 2.04 bits per heavy atom. The molecule has 4 rings (SSSR count). The third-order valence-corrected chi connectivity index (χ3v) is 4.25. The smallest absolute Gasteiger partial charge is 0.148 e. The molecule has 0 bridgehead atoms. The van der Waals surface area contributed by atoms with Gasteiger partial charge in [-0.3, -0.25) is 15.8 Å². The molecule has 0 spiro atoms. The van der Waals surface area contributed by atoms with Crippen LogP contribution in [0.4, 0.5) is 0 Å². The lowest BCUT2D eigenvalue weighted by Crippen LogP contribution is -2.30. The van der Waals surface area contributed by atoms with Crippen molar-refractivity contribution in [2.24, 2.45) is 0 Å². The van der Waals surface area contributed by atoms with Crippen LogP contribution in [0.3, 0.4) is 0 Å². The first-order valence-electron chi connectivity index (χ1n) is 8.32. The molecule has 1 aromatic carbocycles. The second-order valence-corrected chi connectivity index (χ2v) is 6.23. The van der Waals surface area contributed by atoms with Gasteiger partial charge in [-0.2, -0.15) is 5.10 Å². The first-order chi connectivity index (χ1) is 12.6. The molecule has 0 radical (unpaired) electrons. The van der Waals surface area contributed by atoms with E-state index < -0.39 is 0 Å². The van der Waals surface area contributed by atoms with Gasteiger partial charge in [0, 0.05) is 35.5 Å². The monoisotopic (exact) mass is 342 g/mol. The summed E-state index contributed by atoms with van der Waals surface area (Å²) >= 11 is 0. The number of hydrogen-bond donors (Lipinski definition) is 3. The summed E-state index contributed by atoms with van der Waals surface area (Å²) in [6.45, 7) is 1.85. The van der Waals surface area contributed by atoms with Gasteiger partial charge in [0.2, 0.25) is 0 Å². The summed E-state index contributed by atoms with van der Waals surface area (Å²) in [5, 5.41) is 21.6. The van der Waals surface area contributed by atoms with E-state index in [1.165, 1.54) is 4.68 Å². The molecule has 0 unspecified atom stereocenters. The second-order valence-electron chi connectivity index (χ2n) is 6.23. The largest absolute Gasteiger partial charge is 0.361 e. The number of H-pyrrole nitrogens is 1. The van der Waals surface area contributed by atoms with Gasteiger partial charge in [-0.05, 0) is 55.0 Å². The molecule has 0 saturated carbocycles. The van der Waals surface area contributed by atoms with Crippen LogP contribution in [0.1, 0.15) is 11.3 Å². The molecule has 6 nitrogen and oxygen atoms in total. The lowest BCUT2D eigenvalue weighted by Gasteiger charge is -2.09. The van der Waals surface area contributed by atoms with Crippen molar-refractivity contribution in [3.8, 4) is 11.3 Å². The van der Waals surface area contributed by atoms with Gasteiger partial charge < -0.3 is 4.98 Å². The summed E-state index contributed by atoms with van der Waals surface area (Å²) in [5.74, 6) is 0.270. The number of nitrogens with one attached hydrogen (secondary N) is 3. The number of aromatic amines is 1. The molecule has 26 heavy (non-hydrogen) atoms. The van der Waals surface area contributed by atoms with E-state index in [-0.39, 0.29) is 11.3 Å². The van der Waals surface area contributed by atoms with Gasteiger partial charge in [-0.15, -0.1) is 0 Å². The Morgan fingerprint density at radius 1 is 1.15 bits per heavy atom. The minimum atomic E-state index is 0.206. The third kappa shape index (κ3) is 3.04. The van der Waals surface area contributed by atoms with Crippen molar-refractivity contribution in [3.05, 3.63) is 77.7 Å². The third-order valence-electron chi connectivity index (χ3n) is 4.25. The standard InChI is InChI=1S/C20H18N6/c1-13-4-7-19(21)26(25-13)20(22)10-14-5-6-18-15(9-14)11-16(12-24-18)17-3-2-8-23-17/h2-9,11-12,21-23H,10H2,1H3. The molecular weight excluding hydrogens is 324 g/mol. The summed E-state index contributed by atoms with van der Waals surface area (Å²) < 4.78 is 1.37. The van der Waals surface area contributed by atoms with Crippen molar-refractivity contribution >= 4 is 16.7 Å². The average Bonchev–Trinajstić information content (AvgIpc) is 3.18. The fourth-order valence-corrected chi connectivity index (χ4v) is 2.94. The number of nitrogens with zero attached hydrogens (tertiary/aromatic N) is 3. The summed E-state index contributed by atoms with van der Waals surface area (Å²) in [7, 11) is 0. The number of fused-ring (bicyclic) bond motifs is 1. The van der Waals surface area contributed by atoms with E-state index in [0.717, 1.165) is 33.4 Å². The van der Waals surface area contributed by atoms with Crippen LogP contribution in [-0.2, 0) is 6.42 Å². The summed E-state index contributed by atoms with van der Waals surface area (Å²) in [6.07, 6.45) is 4.15. The van der Waals surface area contributed by atoms with Crippen LogP contribution < -0.4 is 5.49 Å². The molecule has 128 valence electrons. The number of pyridine rings is 1. The minimum Gasteiger partial charge on any atom is -0.361 e. The highest BCUT2D eigenvalue weighted by atomic mass is 15.3. The van der Waals surface area contributed by atoms with Crippen molar-refractivity contribution in [1.29, 1.82) is 10.8 Å². The lowest BCUT2D eigenvalue weighted by molar-refractivity contribution is 0.776. The van der Waals surface area contributed by atoms with Crippen LogP contribution in [-0.4, -0.2) is 25.6 Å². The molecule has 6 heteroatoms. The van der Waals surface area contributed by atoms with Crippen molar-refractivity contribution < 1.29 is 0 Å². The zero-order valence-corrected chi connectivity index (χ0v) is 14.3. The van der Waals surface area contributed by atoms with E-state index in [9.17, 15) is 0 Å². The number of aromatic nitrogens is 4. The number of hydrogen-bond acceptors (Lipinski definition) is 4. The fourth-order valence-electron chi connectivity index (χ4n) is 2.94. The molecular formula is C20H18N6. The van der Waals surface area contributed by atoms with Crippen molar-refractivity contribution in [3.63, 3.8) is 0 Å². The van der Waals surface area contributed by atoms with Gasteiger partial charge in [0.1, 0.15) is 11.3 Å². The zero-order valence-electron chi connectivity index (χ0n) is 14.3. The van der Waals surface area contributed by atoms with Gasteiger partial charge in [-0.25, -0.2) is 4.68 Å². The lowest BCUT2D eigenvalue weighted by atomic mass is 10.1. The van der Waals surface area contributed by atoms with E-state index in [2.05, 4.69) is 21.1 Å². The average molecular weight is 342 g/mol. The quantitative estimate of drug-likeness (QED) is 0.394. The van der Waals surface area contributed by atoms with Gasteiger partial charge in [-0.1, -0.05) is 6.07 Å². The first kappa shape index (κ1) is 16.0. The van der Waals surface area contributed by atoms with Gasteiger partial charge in [0.15, 0.2) is 0 Å². The Labute approximate surface area is 150 Å². The van der Waals surface area contributed by atoms with Crippen molar-refractivity contribution in [2.45, 2.75) is 13.3 Å². The van der Waals surface area contributed by atoms with E-state index >= 15 is 0 Å².